The molecular formula is C11H13F3O. The minimum atomic E-state index is -4.59. The molecule has 1 N–H and O–H groups in total. The van der Waals surface area contributed by atoms with Crippen molar-refractivity contribution in [2.24, 2.45) is 0 Å². The van der Waals surface area contributed by atoms with Crippen molar-refractivity contribution in [1.29, 1.82) is 0 Å². The molecule has 0 radical (unpaired) electrons. The third-order valence-electron chi connectivity index (χ3n) is 2.14. The van der Waals surface area contributed by atoms with E-state index in [0.717, 1.165) is 18.4 Å². The van der Waals surface area contributed by atoms with Crippen LogP contribution in [0.15, 0.2) is 24.3 Å². The second kappa shape index (κ2) is 4.66. The first kappa shape index (κ1) is 12.0. The van der Waals surface area contributed by atoms with Crippen LogP contribution in [0.2, 0.25) is 0 Å². The Kier molecular flexibility index (Phi) is 3.74. The van der Waals surface area contributed by atoms with Crippen LogP contribution in [-0.2, 0) is 6.42 Å². The Bertz CT molecular complexity index is 303. The highest BCUT2D eigenvalue weighted by molar-refractivity contribution is 5.25. The van der Waals surface area contributed by atoms with Gasteiger partial charge in [-0.05, 0) is 17.5 Å². The van der Waals surface area contributed by atoms with Crippen LogP contribution in [0.5, 0.6) is 0 Å². The molecule has 15 heavy (non-hydrogen) atoms. The Morgan fingerprint density at radius 3 is 2.13 bits per heavy atom. The summed E-state index contributed by atoms with van der Waals surface area (Å²) in [5.41, 5.74) is 0.873. The monoisotopic (exact) mass is 218 g/mol. The highest BCUT2D eigenvalue weighted by Crippen LogP contribution is 2.32. The van der Waals surface area contributed by atoms with E-state index in [2.05, 4.69) is 0 Å². The molecule has 0 heterocycles. The van der Waals surface area contributed by atoms with Crippen molar-refractivity contribution in [2.45, 2.75) is 32.0 Å². The van der Waals surface area contributed by atoms with Crippen molar-refractivity contribution in [2.75, 3.05) is 0 Å². The average molecular weight is 218 g/mol. The smallest absolute Gasteiger partial charge is 0.379 e. The van der Waals surface area contributed by atoms with E-state index in [1.807, 2.05) is 6.92 Å². The van der Waals surface area contributed by atoms with E-state index in [9.17, 15) is 13.2 Å². The van der Waals surface area contributed by atoms with Crippen LogP contribution >= 0.6 is 0 Å². The van der Waals surface area contributed by atoms with Crippen molar-refractivity contribution in [3.05, 3.63) is 35.4 Å². The van der Waals surface area contributed by atoms with Gasteiger partial charge in [-0.3, -0.25) is 0 Å². The van der Waals surface area contributed by atoms with Crippen molar-refractivity contribution >= 4 is 0 Å². The number of hydrogen-bond acceptors (Lipinski definition) is 1. The highest BCUT2D eigenvalue weighted by Gasteiger charge is 2.39. The zero-order valence-electron chi connectivity index (χ0n) is 8.38. The topological polar surface area (TPSA) is 20.2 Å². The van der Waals surface area contributed by atoms with Crippen LogP contribution in [0.4, 0.5) is 13.2 Å². The van der Waals surface area contributed by atoms with Gasteiger partial charge in [0.15, 0.2) is 6.10 Å². The lowest BCUT2D eigenvalue weighted by Crippen LogP contribution is -2.20. The fraction of sp³-hybridized carbons (Fsp3) is 0.455. The van der Waals surface area contributed by atoms with Crippen molar-refractivity contribution < 1.29 is 18.3 Å². The van der Waals surface area contributed by atoms with Gasteiger partial charge in [0.05, 0.1) is 0 Å². The van der Waals surface area contributed by atoms with Gasteiger partial charge in [0.2, 0.25) is 0 Å². The first-order chi connectivity index (χ1) is 6.95. The van der Waals surface area contributed by atoms with E-state index in [1.165, 1.54) is 12.1 Å². The average Bonchev–Trinajstić information content (AvgIpc) is 2.17. The second-order valence-electron chi connectivity index (χ2n) is 3.44. The van der Waals surface area contributed by atoms with Crippen molar-refractivity contribution in [1.82, 2.24) is 0 Å². The van der Waals surface area contributed by atoms with E-state index < -0.39 is 12.3 Å². The second-order valence-corrected chi connectivity index (χ2v) is 3.44. The molecule has 1 aromatic carbocycles. The van der Waals surface area contributed by atoms with Gasteiger partial charge >= 0.3 is 6.18 Å². The van der Waals surface area contributed by atoms with Crippen LogP contribution in [-0.4, -0.2) is 11.3 Å². The maximum atomic E-state index is 12.1. The summed E-state index contributed by atoms with van der Waals surface area (Å²) < 4.78 is 36.4. The molecule has 1 nitrogen and oxygen atoms in total. The first-order valence-electron chi connectivity index (χ1n) is 4.78. The van der Waals surface area contributed by atoms with Gasteiger partial charge in [-0.2, -0.15) is 13.2 Å². The molecule has 0 bridgehead atoms. The number of aryl methyl sites for hydroxylation is 1. The molecule has 0 saturated carbocycles. The fourth-order valence-corrected chi connectivity index (χ4v) is 1.34. The van der Waals surface area contributed by atoms with Crippen LogP contribution in [0.1, 0.15) is 30.6 Å². The summed E-state index contributed by atoms with van der Waals surface area (Å²) >= 11 is 0. The van der Waals surface area contributed by atoms with Gasteiger partial charge < -0.3 is 5.11 Å². The number of aliphatic hydroxyl groups excluding tert-OH is 1. The molecule has 4 heteroatoms. The molecule has 1 aromatic rings. The fourth-order valence-electron chi connectivity index (χ4n) is 1.34. The van der Waals surface area contributed by atoms with Crippen molar-refractivity contribution in [3.63, 3.8) is 0 Å². The third kappa shape index (κ3) is 3.23. The van der Waals surface area contributed by atoms with Gasteiger partial charge in [0.1, 0.15) is 0 Å². The molecule has 0 saturated heterocycles. The molecule has 0 aliphatic carbocycles. The van der Waals surface area contributed by atoms with Crippen LogP contribution < -0.4 is 0 Å². The predicted octanol–water partition coefficient (Wildman–Crippen LogP) is 3.23. The summed E-state index contributed by atoms with van der Waals surface area (Å²) in [4.78, 5) is 0. The number of rotatable bonds is 3. The molecule has 0 spiro atoms. The standard InChI is InChI=1S/C11H13F3O/c1-2-3-8-4-6-9(7-5-8)10(15)11(12,13)14/h4-7,10,15H,2-3H2,1H3/t10-/m0/s1. The van der Waals surface area contributed by atoms with E-state index >= 15 is 0 Å². The largest absolute Gasteiger partial charge is 0.418 e. The maximum absolute atomic E-state index is 12.1. The zero-order chi connectivity index (χ0) is 11.5. The van der Waals surface area contributed by atoms with E-state index in [1.54, 1.807) is 12.1 Å². The summed E-state index contributed by atoms with van der Waals surface area (Å²) in [5, 5.41) is 8.95. The van der Waals surface area contributed by atoms with Gasteiger partial charge in [-0.15, -0.1) is 0 Å². The Hall–Kier alpha value is -1.03. The lowest BCUT2D eigenvalue weighted by Gasteiger charge is -2.14. The molecule has 1 atom stereocenters. The Morgan fingerprint density at radius 1 is 1.20 bits per heavy atom. The van der Waals surface area contributed by atoms with E-state index in [0.29, 0.717) is 0 Å². The molecule has 1 rings (SSSR count). The summed E-state index contributed by atoms with van der Waals surface area (Å²) in [6.07, 6.45) is -5.19. The van der Waals surface area contributed by atoms with Crippen LogP contribution in [0.3, 0.4) is 0 Å². The lowest BCUT2D eigenvalue weighted by molar-refractivity contribution is -0.206. The summed E-state index contributed by atoms with van der Waals surface area (Å²) in [6.45, 7) is 2.00. The SMILES string of the molecule is CCCc1ccc([C@H](O)C(F)(F)F)cc1. The Labute approximate surface area is 86.5 Å². The van der Waals surface area contributed by atoms with E-state index in [4.69, 9.17) is 5.11 Å². The Balaban J connectivity index is 2.80. The van der Waals surface area contributed by atoms with Gasteiger partial charge in [-0.25, -0.2) is 0 Å². The number of aliphatic hydroxyl groups is 1. The van der Waals surface area contributed by atoms with Gasteiger partial charge in [-0.1, -0.05) is 37.6 Å². The Morgan fingerprint density at radius 2 is 1.73 bits per heavy atom. The third-order valence-corrected chi connectivity index (χ3v) is 2.14. The number of hydrogen-bond donors (Lipinski definition) is 1. The van der Waals surface area contributed by atoms with Crippen molar-refractivity contribution in [3.8, 4) is 0 Å². The molecule has 0 amide bonds. The number of alkyl halides is 3. The molecular weight excluding hydrogens is 205 g/mol. The molecule has 0 unspecified atom stereocenters. The minimum absolute atomic E-state index is 0.109. The predicted molar refractivity (Wildman–Crippen MR) is 51.5 cm³/mol. The lowest BCUT2D eigenvalue weighted by atomic mass is 10.0. The van der Waals surface area contributed by atoms with E-state index in [-0.39, 0.29) is 5.56 Å². The summed E-state index contributed by atoms with van der Waals surface area (Å²) in [7, 11) is 0. The zero-order valence-corrected chi connectivity index (χ0v) is 8.38. The quantitative estimate of drug-likeness (QED) is 0.825. The molecule has 84 valence electrons. The molecule has 0 aromatic heterocycles. The van der Waals surface area contributed by atoms with Crippen LogP contribution in [0.25, 0.3) is 0 Å². The number of halogens is 3. The normalized spacial score (nSPS) is 13.9. The molecule has 0 fully saturated rings. The molecule has 0 aliphatic heterocycles. The molecule has 0 aliphatic rings. The highest BCUT2D eigenvalue weighted by atomic mass is 19.4. The minimum Gasteiger partial charge on any atom is -0.379 e. The summed E-state index contributed by atoms with van der Waals surface area (Å²) in [6, 6.07) is 5.88. The van der Waals surface area contributed by atoms with Gasteiger partial charge in [0, 0.05) is 0 Å². The maximum Gasteiger partial charge on any atom is 0.418 e. The summed E-state index contributed by atoms with van der Waals surface area (Å²) in [5.74, 6) is 0. The van der Waals surface area contributed by atoms with Crippen LogP contribution in [0, 0.1) is 0 Å². The first-order valence-corrected chi connectivity index (χ1v) is 4.78. The number of benzene rings is 1. The van der Waals surface area contributed by atoms with Gasteiger partial charge in [0.25, 0.3) is 0 Å².